The fourth-order valence-electron chi connectivity index (χ4n) is 1.20. The lowest BCUT2D eigenvalue weighted by molar-refractivity contribution is 0.952. The molecule has 2 aromatic rings. The zero-order valence-corrected chi connectivity index (χ0v) is 6.32. The zero-order valence-electron chi connectivity index (χ0n) is 6.32. The summed E-state index contributed by atoms with van der Waals surface area (Å²) in [6.45, 7) is 0.153. The Morgan fingerprint density at radius 2 is 2.25 bits per heavy atom. The first kappa shape index (κ1) is 6.97. The van der Waals surface area contributed by atoms with E-state index in [0.717, 1.165) is 16.6 Å². The Morgan fingerprint density at radius 3 is 3.08 bits per heavy atom. The molecule has 0 spiro atoms. The largest absolute Gasteiger partial charge is 0.279 e. The standard InChI is InChI=1S/C8H7N3O/c12-9-5-8-6-3-1-2-4-7(6)10-11-8/h1-4H,5H2,(H,10,11). The van der Waals surface area contributed by atoms with Crippen LogP contribution in [0.25, 0.3) is 10.9 Å². The number of fused-ring (bicyclic) bond motifs is 1. The number of benzene rings is 1. The van der Waals surface area contributed by atoms with Crippen LogP contribution in [0.15, 0.2) is 29.4 Å². The molecule has 1 aromatic heterocycles. The van der Waals surface area contributed by atoms with Crippen molar-refractivity contribution in [1.29, 1.82) is 0 Å². The van der Waals surface area contributed by atoms with E-state index >= 15 is 0 Å². The maximum atomic E-state index is 10.0. The van der Waals surface area contributed by atoms with E-state index in [9.17, 15) is 4.91 Å². The molecular formula is C8H7N3O. The lowest BCUT2D eigenvalue weighted by Crippen LogP contribution is -1.79. The summed E-state index contributed by atoms with van der Waals surface area (Å²) in [7, 11) is 0. The third-order valence-corrected chi connectivity index (χ3v) is 1.76. The normalized spacial score (nSPS) is 10.3. The number of aromatic amines is 1. The summed E-state index contributed by atoms with van der Waals surface area (Å²) < 4.78 is 0. The number of para-hydroxylation sites is 1. The van der Waals surface area contributed by atoms with Crippen LogP contribution in [0.3, 0.4) is 0 Å². The van der Waals surface area contributed by atoms with Gasteiger partial charge in [0, 0.05) is 5.39 Å². The molecule has 0 bridgehead atoms. The van der Waals surface area contributed by atoms with Crippen LogP contribution in [-0.2, 0) is 6.54 Å². The summed E-state index contributed by atoms with van der Waals surface area (Å²) in [5.74, 6) is 0. The summed E-state index contributed by atoms with van der Waals surface area (Å²) in [4.78, 5) is 10.0. The topological polar surface area (TPSA) is 58.1 Å². The number of H-pyrrole nitrogens is 1. The van der Waals surface area contributed by atoms with Crippen molar-refractivity contribution >= 4 is 10.9 Å². The molecule has 60 valence electrons. The van der Waals surface area contributed by atoms with Gasteiger partial charge in [-0.3, -0.25) is 5.10 Å². The molecule has 0 fully saturated rings. The van der Waals surface area contributed by atoms with Crippen LogP contribution in [0.5, 0.6) is 0 Å². The molecule has 0 amide bonds. The SMILES string of the molecule is O=NCc1[nH]nc2ccccc12. The quantitative estimate of drug-likeness (QED) is 0.683. The predicted molar refractivity (Wildman–Crippen MR) is 45.6 cm³/mol. The Balaban J connectivity index is 2.62. The Bertz CT molecular complexity index is 407. The second kappa shape index (κ2) is 2.73. The Kier molecular flexibility index (Phi) is 1.59. The molecule has 1 aromatic carbocycles. The summed E-state index contributed by atoms with van der Waals surface area (Å²) in [6.07, 6.45) is 0. The fraction of sp³-hybridized carbons (Fsp3) is 0.125. The minimum absolute atomic E-state index is 0.153. The van der Waals surface area contributed by atoms with E-state index in [-0.39, 0.29) is 6.54 Å². The maximum absolute atomic E-state index is 10.0. The van der Waals surface area contributed by atoms with Gasteiger partial charge in [-0.05, 0) is 6.07 Å². The highest BCUT2D eigenvalue weighted by Crippen LogP contribution is 2.15. The van der Waals surface area contributed by atoms with E-state index in [1.54, 1.807) is 0 Å². The van der Waals surface area contributed by atoms with Crippen LogP contribution in [0.4, 0.5) is 0 Å². The van der Waals surface area contributed by atoms with Gasteiger partial charge in [-0.15, -0.1) is 0 Å². The Labute approximate surface area is 68.6 Å². The number of hydrogen-bond donors (Lipinski definition) is 1. The first-order chi connectivity index (χ1) is 5.92. The molecule has 0 radical (unpaired) electrons. The summed E-state index contributed by atoms with van der Waals surface area (Å²) in [5.41, 5.74) is 1.65. The second-order valence-corrected chi connectivity index (χ2v) is 2.51. The van der Waals surface area contributed by atoms with Crippen LogP contribution in [0, 0.1) is 4.91 Å². The fourth-order valence-corrected chi connectivity index (χ4v) is 1.20. The van der Waals surface area contributed by atoms with Crippen molar-refractivity contribution in [3.05, 3.63) is 34.9 Å². The molecule has 0 unspecified atom stereocenters. The van der Waals surface area contributed by atoms with Crippen molar-refractivity contribution in [2.24, 2.45) is 5.18 Å². The van der Waals surface area contributed by atoms with Gasteiger partial charge in [0.25, 0.3) is 0 Å². The number of nitrogens with zero attached hydrogens (tertiary/aromatic N) is 2. The molecule has 4 heteroatoms. The van der Waals surface area contributed by atoms with Gasteiger partial charge < -0.3 is 0 Å². The average molecular weight is 161 g/mol. The van der Waals surface area contributed by atoms with Crippen molar-refractivity contribution in [1.82, 2.24) is 10.2 Å². The molecule has 0 atom stereocenters. The number of nitroso groups, excluding NO2 is 1. The van der Waals surface area contributed by atoms with Crippen molar-refractivity contribution in [3.63, 3.8) is 0 Å². The molecule has 0 aliphatic rings. The van der Waals surface area contributed by atoms with Gasteiger partial charge in [-0.1, -0.05) is 23.4 Å². The molecule has 2 rings (SSSR count). The number of nitrogens with one attached hydrogen (secondary N) is 1. The van der Waals surface area contributed by atoms with Crippen LogP contribution in [-0.4, -0.2) is 10.2 Å². The Hall–Kier alpha value is -1.71. The van der Waals surface area contributed by atoms with Crippen molar-refractivity contribution in [2.75, 3.05) is 0 Å². The van der Waals surface area contributed by atoms with Crippen LogP contribution in [0.1, 0.15) is 5.69 Å². The third kappa shape index (κ3) is 0.972. The predicted octanol–water partition coefficient (Wildman–Crippen LogP) is 1.83. The minimum atomic E-state index is 0.153. The van der Waals surface area contributed by atoms with Gasteiger partial charge in [0.15, 0.2) is 0 Å². The highest BCUT2D eigenvalue weighted by atomic mass is 16.3. The third-order valence-electron chi connectivity index (χ3n) is 1.76. The molecule has 12 heavy (non-hydrogen) atoms. The Morgan fingerprint density at radius 1 is 1.42 bits per heavy atom. The lowest BCUT2D eigenvalue weighted by atomic mass is 10.2. The summed E-state index contributed by atoms with van der Waals surface area (Å²) in [6, 6.07) is 7.62. The molecule has 4 nitrogen and oxygen atoms in total. The zero-order chi connectivity index (χ0) is 8.39. The molecular weight excluding hydrogens is 154 g/mol. The van der Waals surface area contributed by atoms with Crippen LogP contribution < -0.4 is 0 Å². The first-order valence-electron chi connectivity index (χ1n) is 3.63. The average Bonchev–Trinajstić information content (AvgIpc) is 2.50. The van der Waals surface area contributed by atoms with Gasteiger partial charge in [0.05, 0.1) is 11.2 Å². The number of hydrogen-bond acceptors (Lipinski definition) is 3. The first-order valence-corrected chi connectivity index (χ1v) is 3.63. The molecule has 0 aliphatic carbocycles. The molecule has 0 saturated heterocycles. The van der Waals surface area contributed by atoms with Gasteiger partial charge in [0.2, 0.25) is 0 Å². The van der Waals surface area contributed by atoms with E-state index in [1.807, 2.05) is 24.3 Å². The number of rotatable bonds is 2. The van der Waals surface area contributed by atoms with E-state index in [4.69, 9.17) is 0 Å². The highest BCUT2D eigenvalue weighted by Gasteiger charge is 2.02. The minimum Gasteiger partial charge on any atom is -0.279 e. The van der Waals surface area contributed by atoms with E-state index in [1.165, 1.54) is 0 Å². The van der Waals surface area contributed by atoms with Gasteiger partial charge in [-0.2, -0.15) is 10.0 Å². The molecule has 0 saturated carbocycles. The second-order valence-electron chi connectivity index (χ2n) is 2.51. The lowest BCUT2D eigenvalue weighted by Gasteiger charge is -1.87. The van der Waals surface area contributed by atoms with Crippen molar-refractivity contribution in [3.8, 4) is 0 Å². The van der Waals surface area contributed by atoms with Crippen LogP contribution in [0.2, 0.25) is 0 Å². The molecule has 1 heterocycles. The summed E-state index contributed by atoms with van der Waals surface area (Å²) >= 11 is 0. The maximum Gasteiger partial charge on any atom is 0.123 e. The highest BCUT2D eigenvalue weighted by molar-refractivity contribution is 5.81. The van der Waals surface area contributed by atoms with Crippen molar-refractivity contribution < 1.29 is 0 Å². The van der Waals surface area contributed by atoms with E-state index in [0.29, 0.717) is 0 Å². The van der Waals surface area contributed by atoms with Gasteiger partial charge in [0.1, 0.15) is 6.54 Å². The van der Waals surface area contributed by atoms with Crippen molar-refractivity contribution in [2.45, 2.75) is 6.54 Å². The van der Waals surface area contributed by atoms with E-state index < -0.39 is 0 Å². The number of aromatic nitrogens is 2. The van der Waals surface area contributed by atoms with Gasteiger partial charge in [-0.25, -0.2) is 0 Å². The van der Waals surface area contributed by atoms with E-state index in [2.05, 4.69) is 15.4 Å². The monoisotopic (exact) mass is 161 g/mol. The van der Waals surface area contributed by atoms with Crippen LogP contribution >= 0.6 is 0 Å². The molecule has 1 N–H and O–H groups in total. The summed E-state index contributed by atoms with van der Waals surface area (Å²) in [5, 5.41) is 10.6. The molecule has 0 aliphatic heterocycles. The van der Waals surface area contributed by atoms with Gasteiger partial charge >= 0.3 is 0 Å². The smallest absolute Gasteiger partial charge is 0.123 e.